The molecule has 1 saturated heterocycles. The van der Waals surface area contributed by atoms with Gasteiger partial charge in [-0.3, -0.25) is 9.59 Å². The normalized spacial score (nSPS) is 26.9. The lowest BCUT2D eigenvalue weighted by Crippen LogP contribution is -2.66. The van der Waals surface area contributed by atoms with Crippen LogP contribution in [-0.4, -0.2) is 54.8 Å². The Morgan fingerprint density at radius 1 is 1.25 bits per heavy atom. The van der Waals surface area contributed by atoms with E-state index in [9.17, 15) is 9.59 Å². The molecular weight excluding hydrogens is 422 g/mol. The van der Waals surface area contributed by atoms with Crippen LogP contribution in [0.2, 0.25) is 0 Å². The zero-order valence-electron chi connectivity index (χ0n) is 19.1. The zero-order chi connectivity index (χ0) is 23.9. The zero-order valence-corrected chi connectivity index (χ0v) is 19.1. The third-order valence-electron chi connectivity index (χ3n) is 5.66. The topological polar surface area (TPSA) is 99.9 Å². The van der Waals surface area contributed by atoms with E-state index in [0.29, 0.717) is 6.42 Å². The van der Waals surface area contributed by atoms with Gasteiger partial charge in [0.1, 0.15) is 12.1 Å². The fourth-order valence-corrected chi connectivity index (χ4v) is 4.09. The van der Waals surface area contributed by atoms with Crippen molar-refractivity contribution in [2.75, 3.05) is 6.61 Å². The number of nitrogens with two attached hydrogens (primary N) is 1. The Hall–Kier alpha value is -2.10. The van der Waals surface area contributed by atoms with Crippen LogP contribution in [0.3, 0.4) is 0 Å². The van der Waals surface area contributed by atoms with E-state index in [2.05, 4.69) is 5.32 Å². The van der Waals surface area contributed by atoms with E-state index in [1.165, 1.54) is 6.92 Å². The van der Waals surface area contributed by atoms with Gasteiger partial charge in [-0.25, -0.2) is 8.78 Å². The fourth-order valence-electron chi connectivity index (χ4n) is 4.09. The van der Waals surface area contributed by atoms with Crippen LogP contribution >= 0.6 is 0 Å². The number of halogens is 2. The van der Waals surface area contributed by atoms with Crippen molar-refractivity contribution in [3.8, 4) is 0 Å². The second-order valence-corrected chi connectivity index (χ2v) is 8.17. The molecule has 7 nitrogen and oxygen atoms in total. The third kappa shape index (κ3) is 6.70. The highest BCUT2D eigenvalue weighted by molar-refractivity contribution is 5.75. The highest BCUT2D eigenvalue weighted by atomic mass is 19.3. The molecule has 1 aromatic carbocycles. The summed E-state index contributed by atoms with van der Waals surface area (Å²) in [5, 5.41) is 2.60. The average molecular weight is 457 g/mol. The molecule has 0 aliphatic carbocycles. The van der Waals surface area contributed by atoms with Crippen LogP contribution in [0.1, 0.15) is 46.1 Å². The monoisotopic (exact) mass is 456 g/mol. The lowest BCUT2D eigenvalue weighted by atomic mass is 9.82. The van der Waals surface area contributed by atoms with E-state index in [4.69, 9.17) is 19.9 Å². The first kappa shape index (κ1) is 26.2. The van der Waals surface area contributed by atoms with Crippen molar-refractivity contribution in [2.45, 2.75) is 83.5 Å². The second-order valence-electron chi connectivity index (χ2n) is 8.17. The summed E-state index contributed by atoms with van der Waals surface area (Å²) < 4.78 is 47.5. The van der Waals surface area contributed by atoms with Crippen LogP contribution in [0, 0.1) is 5.92 Å². The first-order valence-corrected chi connectivity index (χ1v) is 11.0. The molecule has 1 aromatic rings. The highest BCUT2D eigenvalue weighted by Crippen LogP contribution is 2.39. The Labute approximate surface area is 188 Å². The molecule has 1 aliphatic heterocycles. The highest BCUT2D eigenvalue weighted by Gasteiger charge is 2.55. The van der Waals surface area contributed by atoms with Gasteiger partial charge in [0.05, 0.1) is 31.5 Å². The maximum absolute atomic E-state index is 15.4. The van der Waals surface area contributed by atoms with Crippen molar-refractivity contribution in [3.63, 3.8) is 0 Å². The number of rotatable bonds is 10. The minimum Gasteiger partial charge on any atom is -0.465 e. The lowest BCUT2D eigenvalue weighted by molar-refractivity contribution is -0.241. The molecule has 1 aliphatic rings. The molecule has 1 amide bonds. The largest absolute Gasteiger partial charge is 0.465 e. The Kier molecular flexibility index (Phi) is 9.54. The molecule has 0 saturated carbocycles. The smallest absolute Gasteiger partial charge is 0.323 e. The number of hydrogen-bond acceptors (Lipinski definition) is 6. The van der Waals surface area contributed by atoms with Gasteiger partial charge in [0.2, 0.25) is 5.91 Å². The summed E-state index contributed by atoms with van der Waals surface area (Å²) in [5.74, 6) is -5.16. The maximum Gasteiger partial charge on any atom is 0.323 e. The third-order valence-corrected chi connectivity index (χ3v) is 5.66. The van der Waals surface area contributed by atoms with E-state index < -0.39 is 54.6 Å². The number of carbonyl (C=O) groups excluding carboxylic acids is 2. The first-order valence-electron chi connectivity index (χ1n) is 11.0. The Morgan fingerprint density at radius 2 is 1.91 bits per heavy atom. The number of alkyl halides is 2. The molecule has 9 heteroatoms. The Balaban J connectivity index is 2.31. The number of ether oxygens (including phenoxy) is 3. The van der Waals surface area contributed by atoms with E-state index >= 15 is 8.78 Å². The van der Waals surface area contributed by atoms with Crippen molar-refractivity contribution in [1.29, 1.82) is 0 Å². The summed E-state index contributed by atoms with van der Waals surface area (Å²) in [5.41, 5.74) is 6.56. The van der Waals surface area contributed by atoms with E-state index in [1.54, 1.807) is 6.92 Å². The Bertz CT molecular complexity index is 749. The van der Waals surface area contributed by atoms with Crippen molar-refractivity contribution in [2.24, 2.45) is 11.7 Å². The van der Waals surface area contributed by atoms with Crippen molar-refractivity contribution in [3.05, 3.63) is 35.9 Å². The van der Waals surface area contributed by atoms with Crippen LogP contribution in [0.5, 0.6) is 0 Å². The van der Waals surface area contributed by atoms with Crippen LogP contribution in [0.25, 0.3) is 0 Å². The SMILES string of the molecule is CCOC(=O)C(N)CC(F)(F)[C@H]1O[C@H](CC)[C@H](C)[C@H](OCc2ccccc2)[C@H]1NC(C)=O. The maximum atomic E-state index is 15.4. The van der Waals surface area contributed by atoms with Gasteiger partial charge < -0.3 is 25.3 Å². The summed E-state index contributed by atoms with van der Waals surface area (Å²) in [6.07, 6.45) is -3.45. The van der Waals surface area contributed by atoms with Gasteiger partial charge >= 0.3 is 5.97 Å². The minimum absolute atomic E-state index is 0.0391. The number of carbonyl (C=O) groups is 2. The number of benzene rings is 1. The molecule has 0 spiro atoms. The molecule has 1 fully saturated rings. The molecule has 180 valence electrons. The molecule has 6 atom stereocenters. The average Bonchev–Trinajstić information content (AvgIpc) is 2.73. The van der Waals surface area contributed by atoms with Gasteiger partial charge in [0, 0.05) is 19.3 Å². The molecule has 0 bridgehead atoms. The number of amides is 1. The van der Waals surface area contributed by atoms with Crippen molar-refractivity contribution < 1.29 is 32.6 Å². The number of nitrogens with one attached hydrogen (secondary N) is 1. The van der Waals surface area contributed by atoms with Crippen LogP contribution < -0.4 is 11.1 Å². The Morgan fingerprint density at radius 3 is 2.47 bits per heavy atom. The quantitative estimate of drug-likeness (QED) is 0.525. The van der Waals surface area contributed by atoms with Gasteiger partial charge in [0.25, 0.3) is 5.92 Å². The number of esters is 1. The fraction of sp³-hybridized carbons (Fsp3) is 0.652. The molecule has 0 radical (unpaired) electrons. The molecule has 1 heterocycles. The summed E-state index contributed by atoms with van der Waals surface area (Å²) in [4.78, 5) is 23.8. The van der Waals surface area contributed by atoms with Crippen molar-refractivity contribution >= 4 is 11.9 Å². The van der Waals surface area contributed by atoms with Gasteiger partial charge in [-0.15, -0.1) is 0 Å². The van der Waals surface area contributed by atoms with Crippen LogP contribution in [0.4, 0.5) is 8.78 Å². The van der Waals surface area contributed by atoms with Crippen LogP contribution in [0.15, 0.2) is 30.3 Å². The first-order chi connectivity index (χ1) is 15.1. The molecule has 2 rings (SSSR count). The lowest BCUT2D eigenvalue weighted by Gasteiger charge is -2.48. The molecular formula is C23H34F2N2O5. The summed E-state index contributed by atoms with van der Waals surface area (Å²) in [6, 6.07) is 6.70. The second kappa shape index (κ2) is 11.7. The molecule has 32 heavy (non-hydrogen) atoms. The summed E-state index contributed by atoms with van der Waals surface area (Å²) in [6.45, 7) is 6.76. The standard InChI is InChI=1S/C23H34F2N2O5/c1-5-18-14(3)20(31-13-16-10-8-7-9-11-16)19(27-15(4)28)21(32-18)23(24,25)12-17(26)22(29)30-6-2/h7-11,14,17-21H,5-6,12-13,26H2,1-4H3,(H,27,28)/t14-,17?,18+,19+,20-,21-/m0/s1. The summed E-state index contributed by atoms with van der Waals surface area (Å²) >= 11 is 0. The van der Waals surface area contributed by atoms with Gasteiger partial charge in [-0.05, 0) is 18.9 Å². The van der Waals surface area contributed by atoms with Crippen LogP contribution in [-0.2, 0) is 30.4 Å². The summed E-state index contributed by atoms with van der Waals surface area (Å²) in [7, 11) is 0. The predicted molar refractivity (Wildman–Crippen MR) is 115 cm³/mol. The molecule has 3 N–H and O–H groups in total. The van der Waals surface area contributed by atoms with Gasteiger partial charge in [-0.2, -0.15) is 0 Å². The minimum atomic E-state index is -3.51. The molecule has 1 unspecified atom stereocenters. The van der Waals surface area contributed by atoms with E-state index in [-0.39, 0.29) is 19.1 Å². The van der Waals surface area contributed by atoms with Crippen molar-refractivity contribution in [1.82, 2.24) is 5.32 Å². The molecule has 0 aromatic heterocycles. The van der Waals surface area contributed by atoms with E-state index in [1.807, 2.05) is 44.2 Å². The van der Waals surface area contributed by atoms with Gasteiger partial charge in [-0.1, -0.05) is 44.2 Å². The van der Waals surface area contributed by atoms with E-state index in [0.717, 1.165) is 5.56 Å². The predicted octanol–water partition coefficient (Wildman–Crippen LogP) is 2.81. The number of hydrogen-bond donors (Lipinski definition) is 2. The van der Waals surface area contributed by atoms with Gasteiger partial charge in [0.15, 0.2) is 0 Å².